The molecule has 0 unspecified atom stereocenters. The van der Waals surface area contributed by atoms with E-state index in [1.165, 1.54) is 36.3 Å². The van der Waals surface area contributed by atoms with Gasteiger partial charge in [-0.15, -0.1) is 0 Å². The first-order valence-electron chi connectivity index (χ1n) is 12.2. The van der Waals surface area contributed by atoms with Crippen LogP contribution in [0.25, 0.3) is 16.7 Å². The number of Topliss-reactive ketones (excluding diaryl/α,β-unsaturated/α-hetero) is 1. The van der Waals surface area contributed by atoms with Gasteiger partial charge in [-0.1, -0.05) is 12.1 Å². The normalized spacial score (nSPS) is 16.6. The lowest BCUT2D eigenvalue weighted by molar-refractivity contribution is -0.139. The van der Waals surface area contributed by atoms with Crippen molar-refractivity contribution >= 4 is 34.3 Å². The van der Waals surface area contributed by atoms with E-state index in [1.54, 1.807) is 19.2 Å². The summed E-state index contributed by atoms with van der Waals surface area (Å²) in [5.74, 6) is -2.37. The van der Waals surface area contributed by atoms with Crippen molar-refractivity contribution in [3.63, 3.8) is 0 Å². The third-order valence-corrected chi connectivity index (χ3v) is 6.90. The summed E-state index contributed by atoms with van der Waals surface area (Å²) >= 11 is 0. The molecule has 0 bridgehead atoms. The number of likely N-dealkylation sites (tertiary alicyclic amines) is 1. The highest BCUT2D eigenvalue weighted by Gasteiger charge is 2.46. The second-order valence-electron chi connectivity index (χ2n) is 9.09. The zero-order valence-electron chi connectivity index (χ0n) is 21.2. The average molecular weight is 529 g/mol. The lowest BCUT2D eigenvalue weighted by Crippen LogP contribution is -2.31. The number of nitrogens with one attached hydrogen (secondary N) is 1. The first-order valence-corrected chi connectivity index (χ1v) is 12.2. The SMILES string of the molecule is COC(=O)c1ccc([C@@H]2C(=C(O)c3ccc(F)cc3)C(=O)C(=O)N2CCc2c[nH]c3ccc(OC)cc23)cc1. The molecule has 1 fully saturated rings. The van der Waals surface area contributed by atoms with E-state index in [2.05, 4.69) is 4.98 Å². The van der Waals surface area contributed by atoms with Gasteiger partial charge in [0, 0.05) is 29.2 Å². The number of methoxy groups -OCH3 is 2. The van der Waals surface area contributed by atoms with Crippen molar-refractivity contribution in [1.82, 2.24) is 9.88 Å². The van der Waals surface area contributed by atoms with Gasteiger partial charge in [-0.2, -0.15) is 0 Å². The number of amides is 1. The maximum absolute atomic E-state index is 13.5. The zero-order valence-corrected chi connectivity index (χ0v) is 21.2. The second-order valence-corrected chi connectivity index (χ2v) is 9.09. The molecule has 1 saturated heterocycles. The Balaban J connectivity index is 1.55. The summed E-state index contributed by atoms with van der Waals surface area (Å²) in [6.45, 7) is 0.165. The molecule has 0 saturated carbocycles. The van der Waals surface area contributed by atoms with Crippen LogP contribution in [0.4, 0.5) is 4.39 Å². The molecule has 2 heterocycles. The molecule has 1 atom stereocenters. The predicted molar refractivity (Wildman–Crippen MR) is 142 cm³/mol. The number of aliphatic hydroxyl groups is 1. The molecule has 1 amide bonds. The Morgan fingerprint density at radius 2 is 1.69 bits per heavy atom. The highest BCUT2D eigenvalue weighted by atomic mass is 19.1. The fourth-order valence-electron chi connectivity index (χ4n) is 4.87. The first kappa shape index (κ1) is 25.7. The number of aliphatic hydroxyl groups excluding tert-OH is 1. The molecule has 9 heteroatoms. The topological polar surface area (TPSA) is 109 Å². The molecule has 39 heavy (non-hydrogen) atoms. The lowest BCUT2D eigenvalue weighted by atomic mass is 9.94. The number of aromatic amines is 1. The van der Waals surface area contributed by atoms with E-state index >= 15 is 0 Å². The number of aromatic nitrogens is 1. The van der Waals surface area contributed by atoms with Crippen LogP contribution in [0.15, 0.2) is 78.5 Å². The van der Waals surface area contributed by atoms with Crippen molar-refractivity contribution in [2.24, 2.45) is 0 Å². The number of H-pyrrole nitrogens is 1. The van der Waals surface area contributed by atoms with Crippen LogP contribution in [0.3, 0.4) is 0 Å². The van der Waals surface area contributed by atoms with Gasteiger partial charge in [0.2, 0.25) is 0 Å². The molecule has 3 aromatic carbocycles. The van der Waals surface area contributed by atoms with Crippen LogP contribution in [0.5, 0.6) is 5.75 Å². The van der Waals surface area contributed by atoms with Crippen molar-refractivity contribution in [1.29, 1.82) is 0 Å². The molecular weight excluding hydrogens is 503 g/mol. The van der Waals surface area contributed by atoms with Crippen LogP contribution in [-0.2, 0) is 20.7 Å². The summed E-state index contributed by atoms with van der Waals surface area (Å²) in [5, 5.41) is 12.1. The number of nitrogens with zero attached hydrogens (tertiary/aromatic N) is 1. The maximum Gasteiger partial charge on any atom is 0.337 e. The number of esters is 1. The molecule has 8 nitrogen and oxygen atoms in total. The van der Waals surface area contributed by atoms with Crippen LogP contribution in [-0.4, -0.2) is 53.4 Å². The summed E-state index contributed by atoms with van der Waals surface area (Å²) in [4.78, 5) is 43.1. The largest absolute Gasteiger partial charge is 0.507 e. The van der Waals surface area contributed by atoms with Crippen molar-refractivity contribution in [2.75, 3.05) is 20.8 Å². The van der Waals surface area contributed by atoms with Gasteiger partial charge in [-0.25, -0.2) is 9.18 Å². The van der Waals surface area contributed by atoms with Crippen LogP contribution < -0.4 is 4.74 Å². The Morgan fingerprint density at radius 1 is 1.00 bits per heavy atom. The Labute approximate surface area is 223 Å². The molecule has 0 aliphatic carbocycles. The van der Waals surface area contributed by atoms with Crippen molar-refractivity contribution in [3.05, 3.63) is 107 Å². The summed E-state index contributed by atoms with van der Waals surface area (Å²) in [6, 6.07) is 16.0. The van der Waals surface area contributed by atoms with Gasteiger partial charge >= 0.3 is 5.97 Å². The number of carbonyl (C=O) groups is 3. The summed E-state index contributed by atoms with van der Waals surface area (Å²) in [6.07, 6.45) is 2.26. The zero-order chi connectivity index (χ0) is 27.7. The smallest absolute Gasteiger partial charge is 0.337 e. The quantitative estimate of drug-likeness (QED) is 0.155. The molecule has 0 radical (unpaired) electrons. The summed E-state index contributed by atoms with van der Waals surface area (Å²) < 4.78 is 23.6. The second kappa shape index (κ2) is 10.4. The highest BCUT2D eigenvalue weighted by molar-refractivity contribution is 6.46. The average Bonchev–Trinajstić information content (AvgIpc) is 3.48. The number of fused-ring (bicyclic) bond motifs is 1. The highest BCUT2D eigenvalue weighted by Crippen LogP contribution is 2.40. The van der Waals surface area contributed by atoms with Gasteiger partial charge in [0.1, 0.15) is 17.3 Å². The fourth-order valence-corrected chi connectivity index (χ4v) is 4.87. The van der Waals surface area contributed by atoms with Crippen molar-refractivity contribution < 1.29 is 33.4 Å². The minimum atomic E-state index is -0.929. The molecule has 1 aliphatic heterocycles. The van der Waals surface area contributed by atoms with E-state index in [4.69, 9.17) is 9.47 Å². The summed E-state index contributed by atoms with van der Waals surface area (Å²) in [5.41, 5.74) is 2.73. The third-order valence-electron chi connectivity index (χ3n) is 6.90. The van der Waals surface area contributed by atoms with Gasteiger partial charge in [0.25, 0.3) is 11.7 Å². The Bertz CT molecular complexity index is 1600. The number of halogens is 1. The first-order chi connectivity index (χ1) is 18.8. The van der Waals surface area contributed by atoms with Crippen molar-refractivity contribution in [3.8, 4) is 5.75 Å². The summed E-state index contributed by atoms with van der Waals surface area (Å²) in [7, 11) is 2.85. The number of ether oxygens (including phenoxy) is 2. The predicted octanol–water partition coefficient (Wildman–Crippen LogP) is 4.77. The molecule has 5 rings (SSSR count). The Morgan fingerprint density at radius 3 is 2.36 bits per heavy atom. The van der Waals surface area contributed by atoms with Gasteiger partial charge < -0.3 is 24.5 Å². The standard InChI is InChI=1S/C30H25FN2O6/c1-38-22-11-12-24-23(15-22)20(16-32-24)13-14-33-26(17-3-5-19(6-4-17)30(37)39-2)25(28(35)29(33)36)27(34)18-7-9-21(31)10-8-18/h3-12,15-16,26,32,34H,13-14H2,1-2H3/t26-/m1/s1. The van der Waals surface area contributed by atoms with E-state index in [9.17, 15) is 23.9 Å². The number of ketones is 1. The molecule has 1 aliphatic rings. The van der Waals surface area contributed by atoms with Gasteiger partial charge in [-0.05, 0) is 72.1 Å². The van der Waals surface area contributed by atoms with E-state index in [0.29, 0.717) is 23.3 Å². The van der Waals surface area contributed by atoms with E-state index in [0.717, 1.165) is 28.6 Å². The van der Waals surface area contributed by atoms with Crippen LogP contribution in [0.2, 0.25) is 0 Å². The van der Waals surface area contributed by atoms with Gasteiger partial charge in [0.15, 0.2) is 0 Å². The van der Waals surface area contributed by atoms with E-state index in [1.807, 2.05) is 24.4 Å². The molecule has 0 spiro atoms. The Hall–Kier alpha value is -4.92. The minimum Gasteiger partial charge on any atom is -0.507 e. The molecule has 4 aromatic rings. The fraction of sp³-hybridized carbons (Fsp3) is 0.167. The molecular formula is C30H25FN2O6. The molecule has 2 N–H and O–H groups in total. The van der Waals surface area contributed by atoms with Crippen molar-refractivity contribution in [2.45, 2.75) is 12.5 Å². The number of hydrogen-bond donors (Lipinski definition) is 2. The number of benzene rings is 3. The van der Waals surface area contributed by atoms with Gasteiger partial charge in [0.05, 0.1) is 31.4 Å². The van der Waals surface area contributed by atoms with E-state index < -0.39 is 35.3 Å². The van der Waals surface area contributed by atoms with Crippen LogP contribution >= 0.6 is 0 Å². The number of hydrogen-bond acceptors (Lipinski definition) is 6. The van der Waals surface area contributed by atoms with Crippen LogP contribution in [0, 0.1) is 5.82 Å². The number of rotatable bonds is 7. The van der Waals surface area contributed by atoms with E-state index in [-0.39, 0.29) is 17.7 Å². The number of carbonyl (C=O) groups excluding carboxylic acids is 3. The lowest BCUT2D eigenvalue weighted by Gasteiger charge is -2.25. The van der Waals surface area contributed by atoms with Crippen LogP contribution in [0.1, 0.15) is 33.1 Å². The maximum atomic E-state index is 13.5. The molecule has 1 aromatic heterocycles. The third kappa shape index (κ3) is 4.74. The van der Waals surface area contributed by atoms with Gasteiger partial charge in [-0.3, -0.25) is 9.59 Å². The minimum absolute atomic E-state index is 0.113. The monoisotopic (exact) mass is 528 g/mol. The molecule has 198 valence electrons. The Kier molecular flexibility index (Phi) is 6.89.